The number of nitrogen functional groups attached to an aromatic ring is 1. The zero-order chi connectivity index (χ0) is 14.4. The molecule has 0 heterocycles. The highest BCUT2D eigenvalue weighted by molar-refractivity contribution is 5.92. The molecule has 0 radical (unpaired) electrons. The molecule has 0 aliphatic heterocycles. The minimum absolute atomic E-state index is 0.850. The average Bonchev–Trinajstić information content (AvgIpc) is 2.49. The van der Waals surface area contributed by atoms with E-state index in [2.05, 4.69) is 48.6 Å². The summed E-state index contributed by atoms with van der Waals surface area (Å²) in [6, 6.07) is 22.4. The maximum Gasteiger partial charge on any atom is 0.0393 e. The number of nitrogens with one attached hydrogen (secondary N) is 1. The quantitative estimate of drug-likeness (QED) is 0.637. The molecule has 0 saturated heterocycles. The molecule has 0 aromatic heterocycles. The summed E-state index contributed by atoms with van der Waals surface area (Å²) in [5.41, 5.74) is 9.07. The molecule has 0 atom stereocenters. The molecule has 0 unspecified atom stereocenters. The number of benzene rings is 3. The lowest BCUT2D eigenvalue weighted by molar-refractivity contribution is 1.44. The Morgan fingerprint density at radius 3 is 2.10 bits per heavy atom. The molecular weight excluding hydrogens is 244 g/mol. The van der Waals surface area contributed by atoms with Crippen molar-refractivity contribution in [3.05, 3.63) is 72.3 Å². The second-order valence-corrected chi connectivity index (χ2v) is 4.68. The standard InChI is InChI=1S/C10H9N.C8H11N/c11-10-7-3-5-8-4-1-2-6-9(8)10;1-7-3-5-8(9-2)6-4-7/h1-7H,11H2;3-6,9H,1-2H3. The van der Waals surface area contributed by atoms with Gasteiger partial charge in [-0.3, -0.25) is 0 Å². The van der Waals surface area contributed by atoms with Gasteiger partial charge in [0.05, 0.1) is 0 Å². The Morgan fingerprint density at radius 2 is 1.45 bits per heavy atom. The first-order valence-electron chi connectivity index (χ1n) is 6.68. The summed E-state index contributed by atoms with van der Waals surface area (Å²) in [7, 11) is 1.92. The van der Waals surface area contributed by atoms with Crippen molar-refractivity contribution in [3.8, 4) is 0 Å². The van der Waals surface area contributed by atoms with Gasteiger partial charge in [-0.2, -0.15) is 0 Å². The second kappa shape index (κ2) is 6.62. The largest absolute Gasteiger partial charge is 0.398 e. The van der Waals surface area contributed by atoms with Gasteiger partial charge in [-0.05, 0) is 30.5 Å². The van der Waals surface area contributed by atoms with Crippen molar-refractivity contribution in [1.29, 1.82) is 0 Å². The van der Waals surface area contributed by atoms with Crippen LogP contribution in [0.1, 0.15) is 5.56 Å². The number of fused-ring (bicyclic) bond motifs is 1. The molecule has 0 amide bonds. The van der Waals surface area contributed by atoms with Gasteiger partial charge in [0.1, 0.15) is 0 Å². The molecule has 3 rings (SSSR count). The molecule has 102 valence electrons. The van der Waals surface area contributed by atoms with Gasteiger partial charge in [0, 0.05) is 23.8 Å². The highest BCUT2D eigenvalue weighted by Gasteiger charge is 1.92. The summed E-state index contributed by atoms with van der Waals surface area (Å²) in [5.74, 6) is 0. The van der Waals surface area contributed by atoms with Crippen molar-refractivity contribution in [2.75, 3.05) is 18.1 Å². The summed E-state index contributed by atoms with van der Waals surface area (Å²) < 4.78 is 0. The highest BCUT2D eigenvalue weighted by Crippen LogP contribution is 2.19. The lowest BCUT2D eigenvalue weighted by Gasteiger charge is -1.98. The van der Waals surface area contributed by atoms with Crippen molar-refractivity contribution in [2.45, 2.75) is 6.92 Å². The number of aryl methyl sites for hydroxylation is 1. The fraction of sp³-hybridized carbons (Fsp3) is 0.111. The van der Waals surface area contributed by atoms with Crippen molar-refractivity contribution in [1.82, 2.24) is 0 Å². The molecule has 2 heteroatoms. The van der Waals surface area contributed by atoms with Gasteiger partial charge in [0.2, 0.25) is 0 Å². The molecule has 0 fully saturated rings. The molecule has 0 bridgehead atoms. The molecule has 3 aromatic rings. The molecule has 0 aliphatic carbocycles. The number of hydrogen-bond donors (Lipinski definition) is 2. The third kappa shape index (κ3) is 3.51. The van der Waals surface area contributed by atoms with E-state index >= 15 is 0 Å². The first kappa shape index (κ1) is 13.9. The molecule has 3 aromatic carbocycles. The Balaban J connectivity index is 0.000000151. The van der Waals surface area contributed by atoms with Crippen LogP contribution in [0.3, 0.4) is 0 Å². The smallest absolute Gasteiger partial charge is 0.0393 e. The van der Waals surface area contributed by atoms with Gasteiger partial charge in [0.15, 0.2) is 0 Å². The summed E-state index contributed by atoms with van der Waals surface area (Å²) in [6.07, 6.45) is 0. The van der Waals surface area contributed by atoms with Crippen LogP contribution in [0.15, 0.2) is 66.7 Å². The fourth-order valence-corrected chi connectivity index (χ4v) is 1.97. The Morgan fingerprint density at radius 1 is 0.800 bits per heavy atom. The number of anilines is 2. The van der Waals surface area contributed by atoms with E-state index in [1.165, 1.54) is 16.6 Å². The van der Waals surface area contributed by atoms with Gasteiger partial charge in [-0.1, -0.05) is 54.1 Å². The van der Waals surface area contributed by atoms with Crippen molar-refractivity contribution < 1.29 is 0 Å². The van der Waals surface area contributed by atoms with Crippen LogP contribution in [-0.4, -0.2) is 7.05 Å². The average molecular weight is 264 g/mol. The predicted octanol–water partition coefficient (Wildman–Crippen LogP) is 4.46. The zero-order valence-electron chi connectivity index (χ0n) is 11.9. The molecule has 3 N–H and O–H groups in total. The van der Waals surface area contributed by atoms with E-state index < -0.39 is 0 Å². The molecule has 0 spiro atoms. The Kier molecular flexibility index (Phi) is 4.61. The first-order chi connectivity index (χ1) is 9.70. The zero-order valence-corrected chi connectivity index (χ0v) is 11.9. The second-order valence-electron chi connectivity index (χ2n) is 4.68. The minimum atomic E-state index is 0.850. The van der Waals surface area contributed by atoms with E-state index in [1.807, 2.05) is 37.4 Å². The number of rotatable bonds is 1. The van der Waals surface area contributed by atoms with Crippen LogP contribution in [0.2, 0.25) is 0 Å². The van der Waals surface area contributed by atoms with Crippen LogP contribution in [0.5, 0.6) is 0 Å². The molecule has 0 saturated carbocycles. The summed E-state index contributed by atoms with van der Waals surface area (Å²) in [6.45, 7) is 2.08. The number of nitrogens with two attached hydrogens (primary N) is 1. The van der Waals surface area contributed by atoms with Gasteiger partial charge < -0.3 is 11.1 Å². The minimum Gasteiger partial charge on any atom is -0.398 e. The van der Waals surface area contributed by atoms with Gasteiger partial charge in [0.25, 0.3) is 0 Å². The third-order valence-corrected chi connectivity index (χ3v) is 3.16. The van der Waals surface area contributed by atoms with E-state index in [9.17, 15) is 0 Å². The molecule has 20 heavy (non-hydrogen) atoms. The van der Waals surface area contributed by atoms with Gasteiger partial charge >= 0.3 is 0 Å². The van der Waals surface area contributed by atoms with E-state index in [-0.39, 0.29) is 0 Å². The van der Waals surface area contributed by atoms with E-state index in [4.69, 9.17) is 5.73 Å². The van der Waals surface area contributed by atoms with Crippen LogP contribution in [-0.2, 0) is 0 Å². The Bertz CT molecular complexity index is 667. The van der Waals surface area contributed by atoms with Gasteiger partial charge in [-0.15, -0.1) is 0 Å². The van der Waals surface area contributed by atoms with E-state index in [0.717, 1.165) is 11.1 Å². The van der Waals surface area contributed by atoms with E-state index in [1.54, 1.807) is 0 Å². The maximum atomic E-state index is 5.76. The fourth-order valence-electron chi connectivity index (χ4n) is 1.97. The first-order valence-corrected chi connectivity index (χ1v) is 6.68. The Labute approximate surface area is 120 Å². The van der Waals surface area contributed by atoms with Gasteiger partial charge in [-0.25, -0.2) is 0 Å². The van der Waals surface area contributed by atoms with Crippen LogP contribution in [0.25, 0.3) is 10.8 Å². The third-order valence-electron chi connectivity index (χ3n) is 3.16. The lowest BCUT2D eigenvalue weighted by Crippen LogP contribution is -1.85. The summed E-state index contributed by atoms with van der Waals surface area (Å²) >= 11 is 0. The summed E-state index contributed by atoms with van der Waals surface area (Å²) in [5, 5.41) is 5.39. The molecular formula is C18H20N2. The SMILES string of the molecule is CNc1ccc(C)cc1.Nc1cccc2ccccc12. The van der Waals surface area contributed by atoms with Crippen LogP contribution < -0.4 is 11.1 Å². The van der Waals surface area contributed by atoms with E-state index in [0.29, 0.717) is 0 Å². The van der Waals surface area contributed by atoms with Crippen LogP contribution in [0, 0.1) is 6.92 Å². The normalized spacial score (nSPS) is 9.70. The Hall–Kier alpha value is -2.48. The van der Waals surface area contributed by atoms with Crippen LogP contribution >= 0.6 is 0 Å². The van der Waals surface area contributed by atoms with Crippen LogP contribution in [0.4, 0.5) is 11.4 Å². The predicted molar refractivity (Wildman–Crippen MR) is 89.1 cm³/mol. The topological polar surface area (TPSA) is 38.0 Å². The summed E-state index contributed by atoms with van der Waals surface area (Å²) in [4.78, 5) is 0. The highest BCUT2D eigenvalue weighted by atomic mass is 14.8. The maximum absolute atomic E-state index is 5.76. The van der Waals surface area contributed by atoms with Crippen molar-refractivity contribution in [3.63, 3.8) is 0 Å². The molecule has 0 aliphatic rings. The molecule has 2 nitrogen and oxygen atoms in total. The number of hydrogen-bond acceptors (Lipinski definition) is 2. The lowest BCUT2D eigenvalue weighted by atomic mass is 10.1. The van der Waals surface area contributed by atoms with Crippen molar-refractivity contribution >= 4 is 22.1 Å². The van der Waals surface area contributed by atoms with Crippen molar-refractivity contribution in [2.24, 2.45) is 0 Å². The monoisotopic (exact) mass is 264 g/mol.